The zero-order valence-corrected chi connectivity index (χ0v) is 8.43. The molecule has 82 valence electrons. The molecule has 1 aliphatic rings. The summed E-state index contributed by atoms with van der Waals surface area (Å²) >= 11 is 0. The second kappa shape index (κ2) is 4.14. The van der Waals surface area contributed by atoms with Crippen LogP contribution < -0.4 is 5.32 Å². The molecule has 2 rings (SSSR count). The van der Waals surface area contributed by atoms with Crippen molar-refractivity contribution >= 4 is 23.3 Å². The van der Waals surface area contributed by atoms with Crippen molar-refractivity contribution in [2.75, 3.05) is 5.32 Å². The molecule has 1 aliphatic carbocycles. The number of ketones is 1. The molecule has 0 aliphatic heterocycles. The molecule has 0 radical (unpaired) electrons. The van der Waals surface area contributed by atoms with Gasteiger partial charge in [-0.15, -0.1) is 0 Å². The summed E-state index contributed by atoms with van der Waals surface area (Å²) in [5, 5.41) is 10.7. The van der Waals surface area contributed by atoms with Gasteiger partial charge in [-0.1, -0.05) is 6.07 Å². The van der Waals surface area contributed by atoms with Crippen LogP contribution in [0.25, 0.3) is 5.57 Å². The number of aromatic nitrogens is 1. The Kier molecular flexibility index (Phi) is 2.68. The van der Waals surface area contributed by atoms with E-state index in [2.05, 4.69) is 10.3 Å². The number of anilines is 1. The van der Waals surface area contributed by atoms with Crippen molar-refractivity contribution in [3.63, 3.8) is 0 Å². The average molecular weight is 218 g/mol. The van der Waals surface area contributed by atoms with E-state index < -0.39 is 6.09 Å². The van der Waals surface area contributed by atoms with Gasteiger partial charge in [0.1, 0.15) is 5.82 Å². The van der Waals surface area contributed by atoms with Crippen LogP contribution in [0.3, 0.4) is 0 Å². The van der Waals surface area contributed by atoms with Gasteiger partial charge in [0.05, 0.1) is 5.69 Å². The van der Waals surface area contributed by atoms with E-state index in [-0.39, 0.29) is 11.6 Å². The van der Waals surface area contributed by atoms with E-state index in [0.29, 0.717) is 18.5 Å². The maximum atomic E-state index is 11.1. The molecule has 0 unspecified atom stereocenters. The van der Waals surface area contributed by atoms with E-state index in [1.165, 1.54) is 0 Å². The highest BCUT2D eigenvalue weighted by molar-refractivity contribution is 6.01. The van der Waals surface area contributed by atoms with Gasteiger partial charge in [0, 0.05) is 6.42 Å². The predicted octanol–water partition coefficient (Wildman–Crippen LogP) is 1.92. The van der Waals surface area contributed by atoms with Crippen LogP contribution in [0.5, 0.6) is 0 Å². The summed E-state index contributed by atoms with van der Waals surface area (Å²) in [7, 11) is 0. The molecule has 16 heavy (non-hydrogen) atoms. The van der Waals surface area contributed by atoms with E-state index >= 15 is 0 Å². The number of nitrogens with zero attached hydrogens (tertiary/aromatic N) is 1. The minimum Gasteiger partial charge on any atom is -0.465 e. The first-order valence-corrected chi connectivity index (χ1v) is 4.86. The number of allylic oxidation sites excluding steroid dienone is 2. The molecule has 1 aromatic heterocycles. The maximum absolute atomic E-state index is 11.1. The summed E-state index contributed by atoms with van der Waals surface area (Å²) in [6, 6.07) is 5.03. The third kappa shape index (κ3) is 2.25. The molecule has 0 atom stereocenters. The topological polar surface area (TPSA) is 79.3 Å². The molecule has 0 spiro atoms. The summed E-state index contributed by atoms with van der Waals surface area (Å²) in [6.07, 6.45) is 1.59. The van der Waals surface area contributed by atoms with Crippen molar-refractivity contribution in [2.45, 2.75) is 12.8 Å². The van der Waals surface area contributed by atoms with Crippen LogP contribution in [0, 0.1) is 0 Å². The lowest BCUT2D eigenvalue weighted by Gasteiger charge is -2.03. The summed E-state index contributed by atoms with van der Waals surface area (Å²) < 4.78 is 0. The van der Waals surface area contributed by atoms with Gasteiger partial charge in [0.2, 0.25) is 0 Å². The molecule has 0 saturated carbocycles. The highest BCUT2D eigenvalue weighted by Gasteiger charge is 2.14. The van der Waals surface area contributed by atoms with Crippen molar-refractivity contribution in [3.8, 4) is 0 Å². The first-order valence-electron chi connectivity index (χ1n) is 4.86. The monoisotopic (exact) mass is 218 g/mol. The first kappa shape index (κ1) is 10.4. The molecule has 5 heteroatoms. The van der Waals surface area contributed by atoms with Crippen LogP contribution in [-0.4, -0.2) is 22.0 Å². The van der Waals surface area contributed by atoms with Crippen molar-refractivity contribution in [1.82, 2.24) is 4.98 Å². The molecule has 0 fully saturated rings. The summed E-state index contributed by atoms with van der Waals surface area (Å²) in [5.41, 5.74) is 1.51. The minimum atomic E-state index is -1.15. The largest absolute Gasteiger partial charge is 0.465 e. The average Bonchev–Trinajstić information content (AvgIpc) is 2.64. The van der Waals surface area contributed by atoms with Gasteiger partial charge in [0.15, 0.2) is 5.78 Å². The molecular weight excluding hydrogens is 208 g/mol. The zero-order chi connectivity index (χ0) is 11.5. The Labute approximate surface area is 91.8 Å². The Morgan fingerprint density at radius 1 is 1.38 bits per heavy atom. The number of carbonyl (C=O) groups excluding carboxylic acids is 1. The van der Waals surface area contributed by atoms with E-state index in [1.807, 2.05) is 0 Å². The Morgan fingerprint density at radius 3 is 2.81 bits per heavy atom. The van der Waals surface area contributed by atoms with Crippen molar-refractivity contribution in [3.05, 3.63) is 30.0 Å². The van der Waals surface area contributed by atoms with Crippen LogP contribution in [0.1, 0.15) is 18.5 Å². The Morgan fingerprint density at radius 2 is 2.19 bits per heavy atom. The van der Waals surface area contributed by atoms with Gasteiger partial charge in [-0.2, -0.15) is 0 Å². The Bertz CT molecular complexity index is 480. The molecule has 0 saturated heterocycles. The quantitative estimate of drug-likeness (QED) is 0.794. The fourth-order valence-corrected chi connectivity index (χ4v) is 1.59. The number of hydrogen-bond donors (Lipinski definition) is 2. The normalized spacial score (nSPS) is 14.8. The fraction of sp³-hybridized carbons (Fsp3) is 0.182. The van der Waals surface area contributed by atoms with E-state index in [4.69, 9.17) is 5.11 Å². The fourth-order valence-electron chi connectivity index (χ4n) is 1.59. The molecule has 1 heterocycles. The lowest BCUT2D eigenvalue weighted by atomic mass is 10.1. The molecule has 1 amide bonds. The molecule has 1 aromatic rings. The Hall–Kier alpha value is -2.17. The van der Waals surface area contributed by atoms with Gasteiger partial charge >= 0.3 is 6.09 Å². The Balaban J connectivity index is 2.25. The smallest absolute Gasteiger partial charge is 0.410 e. The third-order valence-electron chi connectivity index (χ3n) is 2.29. The van der Waals surface area contributed by atoms with Gasteiger partial charge in [-0.3, -0.25) is 10.1 Å². The van der Waals surface area contributed by atoms with E-state index in [9.17, 15) is 9.59 Å². The molecule has 0 bridgehead atoms. The van der Waals surface area contributed by atoms with E-state index in [1.54, 1.807) is 24.3 Å². The standard InChI is InChI=1S/C11H10N2O3/c14-8-5-4-7(6-8)9-2-1-3-10(12-9)13-11(15)16/h1-3,6H,4-5H2,(H,12,13)(H,15,16). The highest BCUT2D eigenvalue weighted by Crippen LogP contribution is 2.24. The minimum absolute atomic E-state index is 0.0911. The van der Waals surface area contributed by atoms with Gasteiger partial charge < -0.3 is 5.11 Å². The van der Waals surface area contributed by atoms with Crippen LogP contribution in [0.15, 0.2) is 24.3 Å². The van der Waals surface area contributed by atoms with Gasteiger partial charge in [-0.05, 0) is 30.2 Å². The molecule has 5 nitrogen and oxygen atoms in total. The number of hydrogen-bond acceptors (Lipinski definition) is 3. The van der Waals surface area contributed by atoms with E-state index in [0.717, 1.165) is 5.57 Å². The van der Waals surface area contributed by atoms with Crippen LogP contribution >= 0.6 is 0 Å². The maximum Gasteiger partial charge on any atom is 0.410 e. The van der Waals surface area contributed by atoms with Crippen LogP contribution in [0.4, 0.5) is 10.6 Å². The van der Waals surface area contributed by atoms with Crippen LogP contribution in [-0.2, 0) is 4.79 Å². The van der Waals surface area contributed by atoms with Gasteiger partial charge in [-0.25, -0.2) is 9.78 Å². The number of carbonyl (C=O) groups is 2. The summed E-state index contributed by atoms with van der Waals surface area (Å²) in [6.45, 7) is 0. The number of nitrogens with one attached hydrogen (secondary N) is 1. The SMILES string of the molecule is O=C1C=C(c2cccc(NC(=O)O)n2)CC1. The number of carboxylic acid groups (broad SMARTS) is 1. The van der Waals surface area contributed by atoms with Crippen molar-refractivity contribution in [2.24, 2.45) is 0 Å². The first-order chi connectivity index (χ1) is 7.65. The zero-order valence-electron chi connectivity index (χ0n) is 8.43. The molecule has 0 aromatic carbocycles. The van der Waals surface area contributed by atoms with Crippen molar-refractivity contribution in [1.29, 1.82) is 0 Å². The molecular formula is C11H10N2O3. The van der Waals surface area contributed by atoms with Crippen molar-refractivity contribution < 1.29 is 14.7 Å². The second-order valence-electron chi connectivity index (χ2n) is 3.47. The lowest BCUT2D eigenvalue weighted by Crippen LogP contribution is -2.09. The summed E-state index contributed by atoms with van der Waals surface area (Å²) in [4.78, 5) is 25.6. The predicted molar refractivity (Wildman–Crippen MR) is 58.1 cm³/mol. The van der Waals surface area contributed by atoms with Gasteiger partial charge in [0.25, 0.3) is 0 Å². The lowest BCUT2D eigenvalue weighted by molar-refractivity contribution is -0.114. The summed E-state index contributed by atoms with van der Waals surface area (Å²) in [5.74, 6) is 0.360. The molecule has 2 N–H and O–H groups in total. The highest BCUT2D eigenvalue weighted by atomic mass is 16.4. The van der Waals surface area contributed by atoms with Crippen LogP contribution in [0.2, 0.25) is 0 Å². The second-order valence-corrected chi connectivity index (χ2v) is 3.47. The number of pyridine rings is 1. The third-order valence-corrected chi connectivity index (χ3v) is 2.29. The number of amides is 1. The number of rotatable bonds is 2.